The number of carbonyl (C=O) groups is 1. The molecule has 0 aliphatic heterocycles. The SMILES string of the molecule is O=C(CSc1cccs1)Nc1ccc(Cl)cn1. The lowest BCUT2D eigenvalue weighted by Crippen LogP contribution is -2.14. The van der Waals surface area contributed by atoms with Gasteiger partial charge >= 0.3 is 0 Å². The predicted octanol–water partition coefficient (Wildman–Crippen LogP) is 3.53. The quantitative estimate of drug-likeness (QED) is 0.874. The van der Waals surface area contributed by atoms with Crippen LogP contribution in [0.1, 0.15) is 0 Å². The smallest absolute Gasteiger partial charge is 0.235 e. The molecule has 88 valence electrons. The number of amides is 1. The third-order valence-electron chi connectivity index (χ3n) is 1.84. The highest BCUT2D eigenvalue weighted by Gasteiger charge is 2.04. The van der Waals surface area contributed by atoms with Crippen LogP contribution in [-0.2, 0) is 4.79 Å². The first-order valence-electron chi connectivity index (χ1n) is 4.82. The van der Waals surface area contributed by atoms with Gasteiger partial charge in [-0.25, -0.2) is 4.98 Å². The highest BCUT2D eigenvalue weighted by molar-refractivity contribution is 8.01. The van der Waals surface area contributed by atoms with Crippen LogP contribution < -0.4 is 5.32 Å². The molecule has 0 radical (unpaired) electrons. The van der Waals surface area contributed by atoms with Crippen LogP contribution in [0, 0.1) is 0 Å². The molecule has 1 amide bonds. The van der Waals surface area contributed by atoms with Gasteiger partial charge in [-0.15, -0.1) is 23.1 Å². The van der Waals surface area contributed by atoms with E-state index in [4.69, 9.17) is 11.6 Å². The van der Waals surface area contributed by atoms with Crippen LogP contribution >= 0.6 is 34.7 Å². The van der Waals surface area contributed by atoms with E-state index in [1.807, 2.05) is 17.5 Å². The summed E-state index contributed by atoms with van der Waals surface area (Å²) in [7, 11) is 0. The topological polar surface area (TPSA) is 42.0 Å². The maximum absolute atomic E-state index is 11.6. The fraction of sp³-hybridized carbons (Fsp3) is 0.0909. The van der Waals surface area contributed by atoms with Gasteiger partial charge in [-0.3, -0.25) is 4.79 Å². The average molecular weight is 285 g/mol. The highest BCUT2D eigenvalue weighted by atomic mass is 35.5. The molecule has 0 aliphatic carbocycles. The number of nitrogens with zero attached hydrogens (tertiary/aromatic N) is 1. The van der Waals surface area contributed by atoms with Gasteiger partial charge in [-0.1, -0.05) is 17.7 Å². The molecule has 6 heteroatoms. The summed E-state index contributed by atoms with van der Waals surface area (Å²) in [5, 5.41) is 5.25. The number of pyridine rings is 1. The number of thioether (sulfide) groups is 1. The van der Waals surface area contributed by atoms with E-state index in [0.29, 0.717) is 16.6 Å². The van der Waals surface area contributed by atoms with Crippen molar-refractivity contribution < 1.29 is 4.79 Å². The maximum Gasteiger partial charge on any atom is 0.235 e. The van der Waals surface area contributed by atoms with E-state index in [1.165, 1.54) is 18.0 Å². The molecular formula is C11H9ClN2OS2. The van der Waals surface area contributed by atoms with E-state index < -0.39 is 0 Å². The molecule has 0 saturated carbocycles. The largest absolute Gasteiger partial charge is 0.310 e. The zero-order valence-corrected chi connectivity index (χ0v) is 11.1. The van der Waals surface area contributed by atoms with Gasteiger partial charge in [-0.2, -0.15) is 0 Å². The zero-order valence-electron chi connectivity index (χ0n) is 8.72. The molecule has 17 heavy (non-hydrogen) atoms. The van der Waals surface area contributed by atoms with Crippen LogP contribution in [0.5, 0.6) is 0 Å². The van der Waals surface area contributed by atoms with Crippen molar-refractivity contribution in [2.45, 2.75) is 4.21 Å². The summed E-state index contributed by atoms with van der Waals surface area (Å²) in [5.41, 5.74) is 0. The maximum atomic E-state index is 11.6. The number of nitrogens with one attached hydrogen (secondary N) is 1. The minimum atomic E-state index is -0.0711. The van der Waals surface area contributed by atoms with Gasteiger partial charge in [-0.05, 0) is 23.6 Å². The van der Waals surface area contributed by atoms with Crippen molar-refractivity contribution in [2.24, 2.45) is 0 Å². The number of halogens is 1. The Labute approximate surface area is 112 Å². The molecule has 0 bridgehead atoms. The van der Waals surface area contributed by atoms with Crippen molar-refractivity contribution in [3.05, 3.63) is 40.9 Å². The van der Waals surface area contributed by atoms with Crippen molar-refractivity contribution in [2.75, 3.05) is 11.1 Å². The number of aromatic nitrogens is 1. The van der Waals surface area contributed by atoms with E-state index in [0.717, 1.165) is 4.21 Å². The van der Waals surface area contributed by atoms with Crippen molar-refractivity contribution >= 4 is 46.4 Å². The van der Waals surface area contributed by atoms with Crippen LogP contribution in [0.15, 0.2) is 40.1 Å². The summed E-state index contributed by atoms with van der Waals surface area (Å²) in [6.07, 6.45) is 1.50. The number of rotatable bonds is 4. The molecular weight excluding hydrogens is 276 g/mol. The molecule has 0 atom stereocenters. The number of carbonyl (C=O) groups excluding carboxylic acids is 1. The molecule has 2 aromatic heterocycles. The van der Waals surface area contributed by atoms with E-state index in [-0.39, 0.29) is 5.91 Å². The minimum absolute atomic E-state index is 0.0711. The molecule has 0 aliphatic rings. The van der Waals surface area contributed by atoms with Gasteiger partial charge in [0.15, 0.2) is 0 Å². The first kappa shape index (κ1) is 12.4. The number of hydrogen-bond donors (Lipinski definition) is 1. The molecule has 2 heterocycles. The predicted molar refractivity (Wildman–Crippen MR) is 72.9 cm³/mol. The minimum Gasteiger partial charge on any atom is -0.310 e. The van der Waals surface area contributed by atoms with Gasteiger partial charge in [0.25, 0.3) is 0 Å². The first-order valence-corrected chi connectivity index (χ1v) is 7.06. The van der Waals surface area contributed by atoms with Crippen molar-refractivity contribution in [3.63, 3.8) is 0 Å². The average Bonchev–Trinajstić information content (AvgIpc) is 2.83. The number of thiophene rings is 1. The van der Waals surface area contributed by atoms with Gasteiger partial charge in [0.05, 0.1) is 15.0 Å². The summed E-state index contributed by atoms with van der Waals surface area (Å²) in [4.78, 5) is 15.6. The Morgan fingerprint density at radius 1 is 1.47 bits per heavy atom. The Morgan fingerprint density at radius 2 is 2.35 bits per heavy atom. The molecule has 3 nitrogen and oxygen atoms in total. The Bertz CT molecular complexity index is 485. The molecule has 0 unspecified atom stereocenters. The lowest BCUT2D eigenvalue weighted by molar-refractivity contribution is -0.113. The lowest BCUT2D eigenvalue weighted by atomic mass is 10.4. The second-order valence-corrected chi connectivity index (χ2v) is 5.79. The lowest BCUT2D eigenvalue weighted by Gasteiger charge is -2.03. The monoisotopic (exact) mass is 284 g/mol. The van der Waals surface area contributed by atoms with Crippen molar-refractivity contribution in [3.8, 4) is 0 Å². The zero-order chi connectivity index (χ0) is 12.1. The molecule has 0 saturated heterocycles. The Kier molecular flexibility index (Phi) is 4.42. The van der Waals surface area contributed by atoms with Gasteiger partial charge in [0, 0.05) is 6.20 Å². The fourth-order valence-corrected chi connectivity index (χ4v) is 2.81. The second kappa shape index (κ2) is 6.05. The summed E-state index contributed by atoms with van der Waals surface area (Å²) in [6, 6.07) is 7.32. The fourth-order valence-electron chi connectivity index (χ4n) is 1.11. The van der Waals surface area contributed by atoms with Crippen LogP contribution in [0.2, 0.25) is 5.02 Å². The highest BCUT2D eigenvalue weighted by Crippen LogP contribution is 2.23. The van der Waals surface area contributed by atoms with E-state index >= 15 is 0 Å². The van der Waals surface area contributed by atoms with Gasteiger partial charge < -0.3 is 5.32 Å². The summed E-state index contributed by atoms with van der Waals surface area (Å²) >= 11 is 8.83. The van der Waals surface area contributed by atoms with E-state index in [9.17, 15) is 4.79 Å². The molecule has 0 fully saturated rings. The van der Waals surface area contributed by atoms with Crippen LogP contribution in [0.25, 0.3) is 0 Å². The second-order valence-electron chi connectivity index (χ2n) is 3.13. The summed E-state index contributed by atoms with van der Waals surface area (Å²) in [6.45, 7) is 0. The Hall–Kier alpha value is -1.04. The molecule has 2 rings (SSSR count). The van der Waals surface area contributed by atoms with Crippen LogP contribution in [0.4, 0.5) is 5.82 Å². The third kappa shape index (κ3) is 4.03. The van der Waals surface area contributed by atoms with Crippen molar-refractivity contribution in [1.82, 2.24) is 4.98 Å². The first-order chi connectivity index (χ1) is 8.24. The normalized spacial score (nSPS) is 10.2. The Morgan fingerprint density at radius 3 is 3.00 bits per heavy atom. The number of hydrogen-bond acceptors (Lipinski definition) is 4. The van der Waals surface area contributed by atoms with Crippen molar-refractivity contribution in [1.29, 1.82) is 0 Å². The number of anilines is 1. The van der Waals surface area contributed by atoms with Gasteiger partial charge in [0.2, 0.25) is 5.91 Å². The standard InChI is InChI=1S/C11H9ClN2OS2/c12-8-3-4-9(13-6-8)14-10(15)7-17-11-2-1-5-16-11/h1-6H,7H2,(H,13,14,15). The molecule has 0 aromatic carbocycles. The molecule has 1 N–H and O–H groups in total. The Balaban J connectivity index is 1.83. The summed E-state index contributed by atoms with van der Waals surface area (Å²) in [5.74, 6) is 0.828. The molecule has 2 aromatic rings. The van der Waals surface area contributed by atoms with Crippen LogP contribution in [-0.4, -0.2) is 16.6 Å². The third-order valence-corrected chi connectivity index (χ3v) is 4.19. The van der Waals surface area contributed by atoms with E-state index in [1.54, 1.807) is 23.5 Å². The van der Waals surface area contributed by atoms with E-state index in [2.05, 4.69) is 10.3 Å². The van der Waals surface area contributed by atoms with Crippen LogP contribution in [0.3, 0.4) is 0 Å². The van der Waals surface area contributed by atoms with Gasteiger partial charge in [0.1, 0.15) is 5.82 Å². The summed E-state index contributed by atoms with van der Waals surface area (Å²) < 4.78 is 1.13. The molecule has 0 spiro atoms.